The minimum absolute atomic E-state index is 0.159. The maximum atomic E-state index is 11.1. The molecule has 1 aromatic rings. The van der Waals surface area contributed by atoms with Crippen LogP contribution < -0.4 is 11.5 Å². The van der Waals surface area contributed by atoms with Crippen molar-refractivity contribution in [1.29, 1.82) is 0 Å². The molecule has 0 aliphatic carbocycles. The Balaban J connectivity index is 3.16. The fraction of sp³-hybridized carbons (Fsp3) is 0.636. The number of amides is 1. The van der Waals surface area contributed by atoms with Crippen LogP contribution >= 0.6 is 0 Å². The number of nitrogen functional groups attached to an aromatic ring is 1. The smallest absolute Gasteiger partial charge is 0.271 e. The largest absolute Gasteiger partial charge is 0.383 e. The summed E-state index contributed by atoms with van der Waals surface area (Å²) in [5.41, 5.74) is 11.2. The van der Waals surface area contributed by atoms with Gasteiger partial charge in [-0.25, -0.2) is 4.98 Å². The van der Waals surface area contributed by atoms with Gasteiger partial charge in [-0.2, -0.15) is 0 Å². The molecular formula is C11H20N4O. The molecule has 1 aromatic heterocycles. The summed E-state index contributed by atoms with van der Waals surface area (Å²) in [6.45, 7) is 8.48. The second-order valence-corrected chi connectivity index (χ2v) is 4.73. The number of nitrogens with two attached hydrogens (primary N) is 2. The summed E-state index contributed by atoms with van der Waals surface area (Å²) in [6.07, 6.45) is 1.60. The third-order valence-electron chi connectivity index (χ3n) is 2.75. The highest BCUT2D eigenvalue weighted by atomic mass is 16.1. The van der Waals surface area contributed by atoms with Gasteiger partial charge in [-0.15, -0.1) is 0 Å². The van der Waals surface area contributed by atoms with E-state index in [1.807, 2.05) is 4.57 Å². The fourth-order valence-corrected chi connectivity index (χ4v) is 2.21. The number of carbonyl (C=O) groups excluding carboxylic acids is 1. The summed E-state index contributed by atoms with van der Waals surface area (Å²) >= 11 is 0. The second kappa shape index (κ2) is 4.55. The molecule has 0 radical (unpaired) electrons. The van der Waals surface area contributed by atoms with E-state index in [9.17, 15) is 4.79 Å². The molecule has 0 atom stereocenters. The maximum Gasteiger partial charge on any atom is 0.271 e. The molecule has 5 heteroatoms. The molecule has 0 bridgehead atoms. The highest BCUT2D eigenvalue weighted by molar-refractivity contribution is 5.95. The van der Waals surface area contributed by atoms with E-state index in [0.717, 1.165) is 0 Å². The van der Waals surface area contributed by atoms with Gasteiger partial charge in [0.1, 0.15) is 5.82 Å². The average Bonchev–Trinajstić information content (AvgIpc) is 2.47. The quantitative estimate of drug-likeness (QED) is 0.810. The van der Waals surface area contributed by atoms with E-state index in [2.05, 4.69) is 32.7 Å². The zero-order valence-corrected chi connectivity index (χ0v) is 10.3. The highest BCUT2D eigenvalue weighted by Crippen LogP contribution is 2.29. The van der Waals surface area contributed by atoms with Gasteiger partial charge in [0.25, 0.3) is 5.91 Å². The third kappa shape index (κ3) is 2.18. The molecule has 0 fully saturated rings. The van der Waals surface area contributed by atoms with Gasteiger partial charge < -0.3 is 16.0 Å². The number of hydrogen-bond acceptors (Lipinski definition) is 3. The van der Waals surface area contributed by atoms with Crippen molar-refractivity contribution in [3.8, 4) is 0 Å². The van der Waals surface area contributed by atoms with Gasteiger partial charge in [-0.1, -0.05) is 27.7 Å². The maximum absolute atomic E-state index is 11.1. The van der Waals surface area contributed by atoms with Gasteiger partial charge in [-0.05, 0) is 11.8 Å². The lowest BCUT2D eigenvalue weighted by Gasteiger charge is -2.27. The van der Waals surface area contributed by atoms with Crippen molar-refractivity contribution in [3.05, 3.63) is 12.0 Å². The minimum atomic E-state index is -0.581. The van der Waals surface area contributed by atoms with Gasteiger partial charge >= 0.3 is 0 Å². The molecule has 1 amide bonds. The van der Waals surface area contributed by atoms with Gasteiger partial charge in [0.15, 0.2) is 5.69 Å². The van der Waals surface area contributed by atoms with Crippen LogP contribution in [0.5, 0.6) is 0 Å². The zero-order chi connectivity index (χ0) is 12.5. The molecule has 0 saturated heterocycles. The monoisotopic (exact) mass is 224 g/mol. The van der Waals surface area contributed by atoms with Crippen molar-refractivity contribution in [1.82, 2.24) is 9.55 Å². The normalized spacial score (nSPS) is 11.7. The minimum Gasteiger partial charge on any atom is -0.383 e. The molecule has 0 aliphatic rings. The van der Waals surface area contributed by atoms with E-state index < -0.39 is 5.91 Å². The lowest BCUT2D eigenvalue weighted by molar-refractivity contribution is 0.0996. The first kappa shape index (κ1) is 12.5. The van der Waals surface area contributed by atoms with Crippen LogP contribution in [0.1, 0.15) is 44.2 Å². The van der Waals surface area contributed by atoms with Crippen LogP contribution in [0.25, 0.3) is 0 Å². The van der Waals surface area contributed by atoms with E-state index >= 15 is 0 Å². The van der Waals surface area contributed by atoms with Crippen molar-refractivity contribution < 1.29 is 4.79 Å². The van der Waals surface area contributed by atoms with Crippen molar-refractivity contribution in [2.45, 2.75) is 33.7 Å². The lowest BCUT2D eigenvalue weighted by Crippen LogP contribution is -2.22. The van der Waals surface area contributed by atoms with E-state index in [4.69, 9.17) is 11.5 Å². The summed E-state index contributed by atoms with van der Waals surface area (Å²) in [5, 5.41) is 0. The second-order valence-electron chi connectivity index (χ2n) is 4.73. The van der Waals surface area contributed by atoms with Gasteiger partial charge in [0, 0.05) is 6.04 Å². The summed E-state index contributed by atoms with van der Waals surface area (Å²) in [6, 6.07) is 0.223. The fourth-order valence-electron chi connectivity index (χ4n) is 2.21. The van der Waals surface area contributed by atoms with Crippen LogP contribution in [0.2, 0.25) is 0 Å². The number of hydrogen-bond donors (Lipinski definition) is 2. The molecule has 0 spiro atoms. The number of primary amides is 1. The first-order valence-electron chi connectivity index (χ1n) is 5.48. The molecule has 0 aliphatic heterocycles. The molecule has 4 N–H and O–H groups in total. The molecule has 0 unspecified atom stereocenters. The Bertz CT molecular complexity index is 373. The van der Waals surface area contributed by atoms with Crippen LogP contribution in [0.15, 0.2) is 6.33 Å². The van der Waals surface area contributed by atoms with Crippen LogP contribution in [0, 0.1) is 11.8 Å². The van der Waals surface area contributed by atoms with Gasteiger partial charge in [-0.3, -0.25) is 4.79 Å². The Morgan fingerprint density at radius 2 is 1.81 bits per heavy atom. The summed E-state index contributed by atoms with van der Waals surface area (Å²) in [7, 11) is 0. The van der Waals surface area contributed by atoms with Crippen molar-refractivity contribution in [2.24, 2.45) is 17.6 Å². The zero-order valence-electron chi connectivity index (χ0n) is 10.3. The van der Waals surface area contributed by atoms with E-state index in [1.54, 1.807) is 6.33 Å². The average molecular weight is 224 g/mol. The van der Waals surface area contributed by atoms with Crippen LogP contribution in [-0.4, -0.2) is 15.5 Å². The SMILES string of the molecule is CC(C)C(C(C)C)n1cnc(C(N)=O)c1N. The molecule has 5 nitrogen and oxygen atoms in total. The lowest BCUT2D eigenvalue weighted by atomic mass is 9.93. The molecule has 90 valence electrons. The van der Waals surface area contributed by atoms with Gasteiger partial charge in [0.2, 0.25) is 0 Å². The first-order chi connectivity index (χ1) is 7.36. The first-order valence-corrected chi connectivity index (χ1v) is 5.48. The van der Waals surface area contributed by atoms with Crippen LogP contribution in [0.3, 0.4) is 0 Å². The highest BCUT2D eigenvalue weighted by Gasteiger charge is 2.23. The number of imidazole rings is 1. The topological polar surface area (TPSA) is 86.9 Å². The molecule has 16 heavy (non-hydrogen) atoms. The number of nitrogens with zero attached hydrogens (tertiary/aromatic N) is 2. The Kier molecular flexibility index (Phi) is 3.57. The predicted octanol–water partition coefficient (Wildman–Crippen LogP) is 1.42. The van der Waals surface area contributed by atoms with E-state index in [-0.39, 0.29) is 11.7 Å². The van der Waals surface area contributed by atoms with E-state index in [0.29, 0.717) is 17.7 Å². The predicted molar refractivity (Wildman–Crippen MR) is 63.9 cm³/mol. The van der Waals surface area contributed by atoms with Gasteiger partial charge in [0.05, 0.1) is 6.33 Å². The molecule has 1 heterocycles. The summed E-state index contributed by atoms with van der Waals surface area (Å²) in [4.78, 5) is 15.0. The summed E-state index contributed by atoms with van der Waals surface area (Å²) in [5.74, 6) is 0.608. The number of anilines is 1. The van der Waals surface area contributed by atoms with Crippen LogP contribution in [-0.2, 0) is 0 Å². The third-order valence-corrected chi connectivity index (χ3v) is 2.75. The van der Waals surface area contributed by atoms with Crippen molar-refractivity contribution in [2.75, 3.05) is 5.73 Å². The summed E-state index contributed by atoms with van der Waals surface area (Å²) < 4.78 is 1.84. The Labute approximate surface area is 95.8 Å². The Morgan fingerprint density at radius 3 is 2.12 bits per heavy atom. The van der Waals surface area contributed by atoms with E-state index in [1.165, 1.54) is 0 Å². The van der Waals surface area contributed by atoms with Crippen molar-refractivity contribution >= 4 is 11.7 Å². The Morgan fingerprint density at radius 1 is 1.31 bits per heavy atom. The Hall–Kier alpha value is -1.52. The molecular weight excluding hydrogens is 204 g/mol. The standard InChI is InChI=1S/C11H20N4O/c1-6(2)9(7(3)4)15-5-14-8(10(15)12)11(13)16/h5-7,9H,12H2,1-4H3,(H2,13,16). The van der Waals surface area contributed by atoms with Crippen molar-refractivity contribution in [3.63, 3.8) is 0 Å². The number of aromatic nitrogens is 2. The van der Waals surface area contributed by atoms with Crippen LogP contribution in [0.4, 0.5) is 5.82 Å². The molecule has 0 aromatic carbocycles. The number of carbonyl (C=O) groups is 1. The number of rotatable bonds is 4. The molecule has 0 saturated carbocycles. The molecule has 1 rings (SSSR count).